The summed E-state index contributed by atoms with van der Waals surface area (Å²) in [5, 5.41) is 3.37. The molecule has 2 aromatic rings. The third kappa shape index (κ3) is 6.29. The van der Waals surface area contributed by atoms with E-state index in [4.69, 9.17) is 4.43 Å². The lowest BCUT2D eigenvalue weighted by Crippen LogP contribution is -2.58. The number of imidazole rings is 1. The molecular formula is C37H58N3O2Si. The summed E-state index contributed by atoms with van der Waals surface area (Å²) in [6.45, 7) is 22.0. The average molecular weight is 605 g/mol. The van der Waals surface area contributed by atoms with E-state index in [2.05, 4.69) is 72.6 Å². The topological polar surface area (TPSA) is 56.2 Å². The Kier molecular flexibility index (Phi) is 9.15. The number of allylic oxidation sites excluding steroid dienone is 2. The Morgan fingerprint density at radius 2 is 1.91 bits per heavy atom. The van der Waals surface area contributed by atoms with Gasteiger partial charge in [-0.3, -0.25) is 4.79 Å². The lowest BCUT2D eigenvalue weighted by Gasteiger charge is -2.63. The maximum atomic E-state index is 12.9. The second kappa shape index (κ2) is 12.1. The van der Waals surface area contributed by atoms with Crippen LogP contribution < -0.4 is 5.32 Å². The van der Waals surface area contributed by atoms with Crippen LogP contribution >= 0.6 is 0 Å². The SMILES string of the molecule is CC1=C(CCCC(=O)Nc2ccc3c(c2)ncn3C)[C@@H]2CC[C@H]3C(C)(C)[C@@H](O[Si](C(C)C)C(C)(C)C)CC[C@]3(C)[C@H]2CC1. The normalized spacial score (nSPS) is 29.2. The highest BCUT2D eigenvalue weighted by atomic mass is 28.3. The molecule has 5 atom stereocenters. The zero-order chi connectivity index (χ0) is 31.3. The van der Waals surface area contributed by atoms with E-state index < -0.39 is 9.04 Å². The fourth-order valence-corrected chi connectivity index (χ4v) is 12.9. The minimum absolute atomic E-state index is 0.106. The van der Waals surface area contributed by atoms with Crippen LogP contribution in [0, 0.1) is 28.6 Å². The number of anilines is 1. The van der Waals surface area contributed by atoms with Crippen molar-refractivity contribution in [2.24, 2.45) is 35.6 Å². The van der Waals surface area contributed by atoms with Crippen LogP contribution in [0.25, 0.3) is 11.0 Å². The van der Waals surface area contributed by atoms with Crippen LogP contribution in [0.3, 0.4) is 0 Å². The van der Waals surface area contributed by atoms with Crippen molar-refractivity contribution < 1.29 is 9.22 Å². The monoisotopic (exact) mass is 604 g/mol. The van der Waals surface area contributed by atoms with Gasteiger partial charge in [0, 0.05) is 19.2 Å². The molecular weight excluding hydrogens is 547 g/mol. The fourth-order valence-electron chi connectivity index (χ4n) is 9.83. The number of carbonyl (C=O) groups excluding carboxylic acids is 1. The quantitative estimate of drug-likeness (QED) is 0.241. The van der Waals surface area contributed by atoms with Crippen molar-refractivity contribution in [3.63, 3.8) is 0 Å². The first-order valence-electron chi connectivity index (χ1n) is 17.1. The Morgan fingerprint density at radius 1 is 1.16 bits per heavy atom. The molecule has 3 aliphatic rings. The van der Waals surface area contributed by atoms with Gasteiger partial charge in [0.15, 0.2) is 0 Å². The number of fused-ring (bicyclic) bond motifs is 4. The van der Waals surface area contributed by atoms with Crippen molar-refractivity contribution in [2.45, 2.75) is 137 Å². The predicted molar refractivity (Wildman–Crippen MR) is 181 cm³/mol. The van der Waals surface area contributed by atoms with Gasteiger partial charge in [0.25, 0.3) is 0 Å². The molecule has 1 radical (unpaired) electrons. The van der Waals surface area contributed by atoms with Crippen molar-refractivity contribution in [3.05, 3.63) is 35.7 Å². The van der Waals surface area contributed by atoms with Crippen molar-refractivity contribution in [3.8, 4) is 0 Å². The minimum Gasteiger partial charge on any atom is -0.412 e. The molecule has 0 bridgehead atoms. The number of hydrogen-bond donors (Lipinski definition) is 1. The Morgan fingerprint density at radius 3 is 2.60 bits per heavy atom. The van der Waals surface area contributed by atoms with Gasteiger partial charge in [-0.2, -0.15) is 0 Å². The number of amides is 1. The van der Waals surface area contributed by atoms with Crippen LogP contribution in [0.15, 0.2) is 35.7 Å². The molecule has 0 aliphatic heterocycles. The van der Waals surface area contributed by atoms with Crippen LogP contribution in [0.4, 0.5) is 5.69 Å². The van der Waals surface area contributed by atoms with E-state index in [0.717, 1.165) is 35.5 Å². The highest BCUT2D eigenvalue weighted by Gasteiger charge is 2.59. The van der Waals surface area contributed by atoms with Gasteiger partial charge in [-0.15, -0.1) is 0 Å². The number of nitrogens with zero attached hydrogens (tertiary/aromatic N) is 2. The van der Waals surface area contributed by atoms with Crippen LogP contribution in [-0.4, -0.2) is 30.6 Å². The molecule has 2 fully saturated rings. The molecule has 6 heteroatoms. The van der Waals surface area contributed by atoms with Gasteiger partial charge < -0.3 is 14.3 Å². The fraction of sp³-hybridized carbons (Fsp3) is 0.730. The molecule has 1 amide bonds. The van der Waals surface area contributed by atoms with Gasteiger partial charge in [-0.25, -0.2) is 4.98 Å². The number of hydrogen-bond acceptors (Lipinski definition) is 3. The number of aryl methyl sites for hydroxylation is 1. The average Bonchev–Trinajstić information content (AvgIpc) is 3.28. The maximum absolute atomic E-state index is 12.9. The first-order valence-corrected chi connectivity index (χ1v) is 18.5. The molecule has 43 heavy (non-hydrogen) atoms. The van der Waals surface area contributed by atoms with Crippen LogP contribution in [0.1, 0.15) is 120 Å². The summed E-state index contributed by atoms with van der Waals surface area (Å²) in [6, 6.07) is 5.98. The van der Waals surface area contributed by atoms with Gasteiger partial charge in [0.2, 0.25) is 14.9 Å². The van der Waals surface area contributed by atoms with E-state index in [9.17, 15) is 4.79 Å². The molecule has 0 unspecified atom stereocenters. The van der Waals surface area contributed by atoms with Gasteiger partial charge >= 0.3 is 0 Å². The summed E-state index contributed by atoms with van der Waals surface area (Å²) >= 11 is 0. The Bertz CT molecular complexity index is 1350. The van der Waals surface area contributed by atoms with Crippen LogP contribution in [0.5, 0.6) is 0 Å². The largest absolute Gasteiger partial charge is 0.412 e. The van der Waals surface area contributed by atoms with Crippen LogP contribution in [-0.2, 0) is 16.3 Å². The predicted octanol–water partition coefficient (Wildman–Crippen LogP) is 9.85. The number of carbonyl (C=O) groups is 1. The summed E-state index contributed by atoms with van der Waals surface area (Å²) in [6.07, 6.45) is 12.4. The summed E-state index contributed by atoms with van der Waals surface area (Å²) < 4.78 is 9.19. The highest BCUT2D eigenvalue weighted by Crippen LogP contribution is 2.65. The maximum Gasteiger partial charge on any atom is 0.224 e. The molecule has 2 saturated carbocycles. The molecule has 5 nitrogen and oxygen atoms in total. The van der Waals surface area contributed by atoms with E-state index in [1.807, 2.05) is 36.1 Å². The summed E-state index contributed by atoms with van der Waals surface area (Å²) in [4.78, 5) is 17.4. The smallest absolute Gasteiger partial charge is 0.224 e. The standard InChI is InChI=1S/C37H58N3O2Si/c1-24(2)43(35(4,5)6)42-33-20-21-37(9)29-17-14-25(3)27(28(29)16-19-32(37)36(33,7)8)12-11-13-34(41)39-26-15-18-31-30(22-26)38-23-40(31)10/h15,18,22-24,28-29,32-33H,11-14,16-17,19-21H2,1-10H3,(H,39,41)/t28-,29-,32-,33-,37+/m0/s1. The van der Waals surface area contributed by atoms with E-state index >= 15 is 0 Å². The first-order chi connectivity index (χ1) is 20.1. The zero-order valence-electron chi connectivity index (χ0n) is 28.8. The van der Waals surface area contributed by atoms with Crippen molar-refractivity contribution in [2.75, 3.05) is 5.32 Å². The molecule has 1 heterocycles. The number of nitrogens with one attached hydrogen (secondary N) is 1. The van der Waals surface area contributed by atoms with Gasteiger partial charge in [-0.1, -0.05) is 66.5 Å². The lowest BCUT2D eigenvalue weighted by molar-refractivity contribution is -0.144. The molecule has 0 saturated heterocycles. The number of rotatable bonds is 8. The third-order valence-electron chi connectivity index (χ3n) is 11.8. The van der Waals surface area contributed by atoms with E-state index in [1.165, 1.54) is 38.5 Å². The van der Waals surface area contributed by atoms with Gasteiger partial charge in [0.1, 0.15) is 0 Å². The molecule has 1 aromatic carbocycles. The van der Waals surface area contributed by atoms with E-state index in [-0.39, 0.29) is 16.4 Å². The van der Waals surface area contributed by atoms with Gasteiger partial charge in [0.05, 0.1) is 23.5 Å². The van der Waals surface area contributed by atoms with Crippen molar-refractivity contribution in [1.29, 1.82) is 0 Å². The minimum atomic E-state index is -0.932. The summed E-state index contributed by atoms with van der Waals surface area (Å²) in [5.74, 6) is 2.25. The zero-order valence-corrected chi connectivity index (χ0v) is 29.8. The van der Waals surface area contributed by atoms with Crippen molar-refractivity contribution >= 4 is 31.7 Å². The van der Waals surface area contributed by atoms with Gasteiger partial charge in [-0.05, 0) is 116 Å². The summed E-state index contributed by atoms with van der Waals surface area (Å²) in [7, 11) is 1.06. The molecule has 1 aromatic heterocycles. The molecule has 1 N–H and O–H groups in total. The summed E-state index contributed by atoms with van der Waals surface area (Å²) in [5.41, 5.74) is 7.30. The molecule has 0 spiro atoms. The van der Waals surface area contributed by atoms with E-state index in [1.54, 1.807) is 11.1 Å². The number of benzene rings is 1. The Hall–Kier alpha value is -1.92. The molecule has 237 valence electrons. The third-order valence-corrected chi connectivity index (χ3v) is 14.9. The van der Waals surface area contributed by atoms with Crippen LogP contribution in [0.2, 0.25) is 10.6 Å². The highest BCUT2D eigenvalue weighted by molar-refractivity contribution is 6.56. The first kappa shape index (κ1) is 32.5. The second-order valence-electron chi connectivity index (χ2n) is 16.4. The Balaban J connectivity index is 1.22. The van der Waals surface area contributed by atoms with Crippen molar-refractivity contribution in [1.82, 2.24) is 9.55 Å². The van der Waals surface area contributed by atoms with E-state index in [0.29, 0.717) is 35.3 Å². The number of aromatic nitrogens is 2. The molecule has 5 rings (SSSR count). The second-order valence-corrected chi connectivity index (χ2v) is 20.0. The lowest BCUT2D eigenvalue weighted by atomic mass is 9.43. The Labute approximate surface area is 263 Å². The molecule has 3 aliphatic carbocycles.